The molecule has 0 atom stereocenters. The van der Waals surface area contributed by atoms with Gasteiger partial charge in [0, 0.05) is 13.1 Å². The fourth-order valence-electron chi connectivity index (χ4n) is 1.72. The number of anilines is 1. The molecule has 80 valence electrons. The maximum atomic E-state index is 5.65. The number of hydrogen-bond donors (Lipinski definition) is 1. The third-order valence-electron chi connectivity index (χ3n) is 2.92. The number of thiocarbonyl (C=S) groups is 1. The normalized spacial score (nSPS) is 15.8. The third-order valence-corrected chi connectivity index (χ3v) is 3.14. The van der Waals surface area contributed by atoms with E-state index >= 15 is 0 Å². The van der Waals surface area contributed by atoms with Gasteiger partial charge in [-0.05, 0) is 25.3 Å². The zero-order chi connectivity index (χ0) is 10.8. The van der Waals surface area contributed by atoms with Gasteiger partial charge in [-0.25, -0.2) is 0 Å². The number of nitrogens with zero attached hydrogens (tertiary/aromatic N) is 3. The molecule has 0 unspecified atom stereocenters. The maximum Gasteiger partial charge on any atom is 0.161 e. The first kappa shape index (κ1) is 10.3. The Morgan fingerprint density at radius 1 is 1.60 bits per heavy atom. The standard InChI is InChI=1S/C10H14N4S/c1-14(7-3-2-4-7)10-8(9(11)15)5-6-12-13-10/h5-7H,2-4H2,1H3,(H2,11,15). The summed E-state index contributed by atoms with van der Waals surface area (Å²) in [5.74, 6) is 0.801. The summed E-state index contributed by atoms with van der Waals surface area (Å²) in [5.41, 5.74) is 6.46. The molecule has 4 nitrogen and oxygen atoms in total. The molecular weight excluding hydrogens is 208 g/mol. The van der Waals surface area contributed by atoms with Gasteiger partial charge >= 0.3 is 0 Å². The van der Waals surface area contributed by atoms with Crippen LogP contribution in [0.3, 0.4) is 0 Å². The van der Waals surface area contributed by atoms with Gasteiger partial charge in [-0.2, -0.15) is 5.10 Å². The van der Waals surface area contributed by atoms with Gasteiger partial charge in [0.25, 0.3) is 0 Å². The Labute approximate surface area is 94.5 Å². The van der Waals surface area contributed by atoms with Crippen LogP contribution in [-0.4, -0.2) is 28.3 Å². The minimum atomic E-state index is 0.381. The second-order valence-electron chi connectivity index (χ2n) is 3.83. The Morgan fingerprint density at radius 2 is 2.33 bits per heavy atom. The molecule has 1 aromatic rings. The summed E-state index contributed by atoms with van der Waals surface area (Å²) in [7, 11) is 2.02. The van der Waals surface area contributed by atoms with E-state index in [9.17, 15) is 0 Å². The van der Waals surface area contributed by atoms with Crippen molar-refractivity contribution in [2.24, 2.45) is 5.73 Å². The van der Waals surface area contributed by atoms with Gasteiger partial charge in [-0.15, -0.1) is 5.10 Å². The van der Waals surface area contributed by atoms with Gasteiger partial charge in [-0.1, -0.05) is 12.2 Å². The quantitative estimate of drug-likeness (QED) is 0.776. The zero-order valence-corrected chi connectivity index (χ0v) is 9.50. The third kappa shape index (κ3) is 1.92. The maximum absolute atomic E-state index is 5.65. The summed E-state index contributed by atoms with van der Waals surface area (Å²) in [6.07, 6.45) is 5.33. The Hall–Kier alpha value is -1.23. The van der Waals surface area contributed by atoms with Crippen molar-refractivity contribution in [3.05, 3.63) is 17.8 Å². The molecule has 15 heavy (non-hydrogen) atoms. The smallest absolute Gasteiger partial charge is 0.161 e. The van der Waals surface area contributed by atoms with Gasteiger partial charge in [0.2, 0.25) is 0 Å². The topological polar surface area (TPSA) is 55.0 Å². The van der Waals surface area contributed by atoms with Gasteiger partial charge in [0.15, 0.2) is 5.82 Å². The van der Waals surface area contributed by atoms with Crippen molar-refractivity contribution >= 4 is 23.0 Å². The van der Waals surface area contributed by atoms with Gasteiger partial charge < -0.3 is 10.6 Å². The van der Waals surface area contributed by atoms with Crippen LogP contribution in [0.25, 0.3) is 0 Å². The monoisotopic (exact) mass is 222 g/mol. The molecule has 1 aromatic heterocycles. The summed E-state index contributed by atoms with van der Waals surface area (Å²) in [6, 6.07) is 2.38. The molecule has 0 amide bonds. The molecule has 0 radical (unpaired) electrons. The molecule has 1 heterocycles. The highest BCUT2D eigenvalue weighted by Crippen LogP contribution is 2.28. The predicted molar refractivity (Wildman–Crippen MR) is 64.0 cm³/mol. The predicted octanol–water partition coefficient (Wildman–Crippen LogP) is 1.10. The van der Waals surface area contributed by atoms with E-state index in [0.717, 1.165) is 11.4 Å². The van der Waals surface area contributed by atoms with Gasteiger partial charge in [-0.3, -0.25) is 0 Å². The van der Waals surface area contributed by atoms with Crippen LogP contribution in [0.4, 0.5) is 5.82 Å². The lowest BCUT2D eigenvalue weighted by atomic mass is 9.92. The summed E-state index contributed by atoms with van der Waals surface area (Å²) >= 11 is 4.99. The van der Waals surface area contributed by atoms with E-state index in [1.165, 1.54) is 19.3 Å². The first-order valence-electron chi connectivity index (χ1n) is 5.04. The Morgan fingerprint density at radius 3 is 2.87 bits per heavy atom. The SMILES string of the molecule is CN(c1nnccc1C(N)=S)C1CCC1. The number of aromatic nitrogens is 2. The minimum Gasteiger partial charge on any atom is -0.389 e. The fourth-order valence-corrected chi connectivity index (χ4v) is 1.88. The Kier molecular flexibility index (Phi) is 2.81. The number of rotatable bonds is 3. The van der Waals surface area contributed by atoms with Crippen molar-refractivity contribution in [1.29, 1.82) is 0 Å². The van der Waals surface area contributed by atoms with Gasteiger partial charge in [0.05, 0.1) is 11.8 Å². The first-order chi connectivity index (χ1) is 7.20. The highest BCUT2D eigenvalue weighted by molar-refractivity contribution is 7.80. The molecule has 1 aliphatic carbocycles. The minimum absolute atomic E-state index is 0.381. The Balaban J connectivity index is 2.29. The van der Waals surface area contributed by atoms with E-state index in [1.54, 1.807) is 6.20 Å². The fraction of sp³-hybridized carbons (Fsp3) is 0.500. The average Bonchev–Trinajstić information content (AvgIpc) is 2.15. The molecule has 1 fully saturated rings. The summed E-state index contributed by atoms with van der Waals surface area (Å²) in [4.78, 5) is 2.51. The van der Waals surface area contributed by atoms with E-state index in [-0.39, 0.29) is 0 Å². The van der Waals surface area contributed by atoms with Crippen LogP contribution in [-0.2, 0) is 0 Å². The van der Waals surface area contributed by atoms with E-state index in [1.807, 2.05) is 13.1 Å². The largest absolute Gasteiger partial charge is 0.389 e. The van der Waals surface area contributed by atoms with Crippen LogP contribution in [0.5, 0.6) is 0 Å². The lowest BCUT2D eigenvalue weighted by molar-refractivity contribution is 0.398. The summed E-state index contributed by atoms with van der Waals surface area (Å²) < 4.78 is 0. The summed E-state index contributed by atoms with van der Waals surface area (Å²) in [5, 5.41) is 7.99. The van der Waals surface area contributed by atoms with E-state index < -0.39 is 0 Å². The number of hydrogen-bond acceptors (Lipinski definition) is 4. The molecule has 0 aromatic carbocycles. The molecule has 2 N–H and O–H groups in total. The van der Waals surface area contributed by atoms with E-state index in [0.29, 0.717) is 11.0 Å². The molecule has 1 saturated carbocycles. The second kappa shape index (κ2) is 4.10. The van der Waals surface area contributed by atoms with Crippen LogP contribution in [0.1, 0.15) is 24.8 Å². The highest BCUT2D eigenvalue weighted by Gasteiger charge is 2.25. The molecule has 2 rings (SSSR count). The molecule has 0 bridgehead atoms. The average molecular weight is 222 g/mol. The van der Waals surface area contributed by atoms with Crippen LogP contribution in [0.2, 0.25) is 0 Å². The van der Waals surface area contributed by atoms with Crippen molar-refractivity contribution < 1.29 is 0 Å². The first-order valence-corrected chi connectivity index (χ1v) is 5.45. The van der Waals surface area contributed by atoms with Crippen LogP contribution in [0, 0.1) is 0 Å². The van der Waals surface area contributed by atoms with Crippen molar-refractivity contribution in [2.75, 3.05) is 11.9 Å². The molecule has 0 saturated heterocycles. The number of nitrogens with two attached hydrogens (primary N) is 1. The molecular formula is C10H14N4S. The van der Waals surface area contributed by atoms with Crippen LogP contribution >= 0.6 is 12.2 Å². The lowest BCUT2D eigenvalue weighted by Gasteiger charge is -2.35. The van der Waals surface area contributed by atoms with Crippen molar-refractivity contribution in [1.82, 2.24) is 10.2 Å². The lowest BCUT2D eigenvalue weighted by Crippen LogP contribution is -2.38. The molecule has 1 aliphatic rings. The molecule has 5 heteroatoms. The molecule has 0 spiro atoms. The van der Waals surface area contributed by atoms with Crippen LogP contribution in [0.15, 0.2) is 12.3 Å². The molecule has 0 aliphatic heterocycles. The van der Waals surface area contributed by atoms with Crippen molar-refractivity contribution in [3.63, 3.8) is 0 Å². The second-order valence-corrected chi connectivity index (χ2v) is 4.27. The summed E-state index contributed by atoms with van der Waals surface area (Å²) in [6.45, 7) is 0. The van der Waals surface area contributed by atoms with Crippen molar-refractivity contribution in [2.45, 2.75) is 25.3 Å². The van der Waals surface area contributed by atoms with Crippen molar-refractivity contribution in [3.8, 4) is 0 Å². The van der Waals surface area contributed by atoms with E-state index in [2.05, 4.69) is 15.1 Å². The van der Waals surface area contributed by atoms with E-state index in [4.69, 9.17) is 18.0 Å². The Bertz CT molecular complexity index is 375. The van der Waals surface area contributed by atoms with Crippen LogP contribution < -0.4 is 10.6 Å². The zero-order valence-electron chi connectivity index (χ0n) is 8.68. The highest BCUT2D eigenvalue weighted by atomic mass is 32.1. The van der Waals surface area contributed by atoms with Gasteiger partial charge in [0.1, 0.15) is 4.99 Å².